The van der Waals surface area contributed by atoms with Crippen molar-refractivity contribution in [3.63, 3.8) is 0 Å². The molecule has 2 atom stereocenters. The molecule has 0 amide bonds. The van der Waals surface area contributed by atoms with Crippen molar-refractivity contribution in [3.05, 3.63) is 33.8 Å². The molecule has 0 radical (unpaired) electrons. The first-order valence-electron chi connectivity index (χ1n) is 7.45. The van der Waals surface area contributed by atoms with Crippen molar-refractivity contribution >= 4 is 23.2 Å². The molecule has 1 aromatic rings. The molecule has 2 saturated heterocycles. The topological polar surface area (TPSA) is 38.7 Å². The zero-order chi connectivity index (χ0) is 14.9. The Morgan fingerprint density at radius 3 is 2.71 bits per heavy atom. The smallest absolute Gasteiger partial charge is 0.0835 e. The highest BCUT2D eigenvalue weighted by Gasteiger charge is 2.41. The van der Waals surface area contributed by atoms with Crippen molar-refractivity contribution in [2.75, 3.05) is 19.8 Å². The maximum absolute atomic E-state index is 10.7. The summed E-state index contributed by atoms with van der Waals surface area (Å²) >= 11 is 12.3. The maximum atomic E-state index is 10.7. The Kier molecular flexibility index (Phi) is 4.77. The normalized spacial score (nSPS) is 26.7. The molecule has 1 aromatic carbocycles. The summed E-state index contributed by atoms with van der Waals surface area (Å²) < 4.78 is 11.5. The minimum absolute atomic E-state index is 0.132. The summed E-state index contributed by atoms with van der Waals surface area (Å²) in [5, 5.41) is 11.7. The molecule has 3 nitrogen and oxygen atoms in total. The Morgan fingerprint density at radius 2 is 1.95 bits per heavy atom. The third-order valence-corrected chi connectivity index (χ3v) is 5.52. The molecular formula is C16H20Cl2O3. The van der Waals surface area contributed by atoms with E-state index in [1.54, 1.807) is 6.07 Å². The molecule has 2 aliphatic rings. The summed E-state index contributed by atoms with van der Waals surface area (Å²) in [6.45, 7) is 2.15. The fraction of sp³-hybridized carbons (Fsp3) is 0.625. The van der Waals surface area contributed by atoms with E-state index in [0.29, 0.717) is 16.7 Å². The van der Waals surface area contributed by atoms with Crippen LogP contribution in [-0.2, 0) is 9.47 Å². The first-order valence-corrected chi connectivity index (χ1v) is 8.21. The Labute approximate surface area is 135 Å². The molecule has 1 N–H and O–H groups in total. The molecule has 0 aromatic heterocycles. The van der Waals surface area contributed by atoms with Crippen LogP contribution in [0.4, 0.5) is 0 Å². The number of hydrogen-bond donors (Lipinski definition) is 1. The molecule has 0 aliphatic carbocycles. The van der Waals surface area contributed by atoms with Crippen molar-refractivity contribution in [2.45, 2.75) is 37.4 Å². The quantitative estimate of drug-likeness (QED) is 0.890. The van der Waals surface area contributed by atoms with Crippen LogP contribution in [0.3, 0.4) is 0 Å². The minimum atomic E-state index is -0.597. The fourth-order valence-electron chi connectivity index (χ4n) is 3.43. The molecule has 5 heteroatoms. The summed E-state index contributed by atoms with van der Waals surface area (Å²) in [4.78, 5) is 0. The van der Waals surface area contributed by atoms with Gasteiger partial charge in [-0.05, 0) is 37.7 Å². The lowest BCUT2D eigenvalue weighted by Crippen LogP contribution is -2.45. The van der Waals surface area contributed by atoms with E-state index in [0.717, 1.165) is 44.5 Å². The van der Waals surface area contributed by atoms with Gasteiger partial charge in [-0.25, -0.2) is 0 Å². The summed E-state index contributed by atoms with van der Waals surface area (Å²) in [6, 6.07) is 5.42. The van der Waals surface area contributed by atoms with E-state index in [9.17, 15) is 5.11 Å². The zero-order valence-electron chi connectivity index (χ0n) is 11.9. The number of ether oxygens (including phenoxy) is 2. The molecule has 2 heterocycles. The van der Waals surface area contributed by atoms with E-state index >= 15 is 0 Å². The Hall–Kier alpha value is -0.320. The third-order valence-electron chi connectivity index (χ3n) is 4.68. The molecule has 21 heavy (non-hydrogen) atoms. The van der Waals surface area contributed by atoms with E-state index in [4.69, 9.17) is 32.7 Å². The van der Waals surface area contributed by atoms with Crippen LogP contribution >= 0.6 is 23.2 Å². The number of rotatable bonds is 2. The molecule has 1 spiro atoms. The number of aliphatic hydroxyl groups excluding tert-OH is 1. The number of hydrogen-bond acceptors (Lipinski definition) is 3. The SMILES string of the molecule is OC(c1cccc(Cl)c1Cl)C1CCOC2(CCOCC2)C1. The largest absolute Gasteiger partial charge is 0.388 e. The van der Waals surface area contributed by atoms with E-state index in [1.807, 2.05) is 12.1 Å². The molecule has 2 fully saturated rings. The number of aliphatic hydroxyl groups is 1. The zero-order valence-corrected chi connectivity index (χ0v) is 13.4. The molecule has 0 bridgehead atoms. The van der Waals surface area contributed by atoms with Gasteiger partial charge in [0.15, 0.2) is 0 Å². The Bertz CT molecular complexity index is 495. The molecule has 0 saturated carbocycles. The van der Waals surface area contributed by atoms with Crippen molar-refractivity contribution in [2.24, 2.45) is 5.92 Å². The lowest BCUT2D eigenvalue weighted by molar-refractivity contribution is -0.159. The molecule has 2 aliphatic heterocycles. The Balaban J connectivity index is 1.78. The van der Waals surface area contributed by atoms with E-state index in [2.05, 4.69) is 0 Å². The summed E-state index contributed by atoms with van der Waals surface area (Å²) in [5.41, 5.74) is 0.589. The molecule has 3 rings (SSSR count). The van der Waals surface area contributed by atoms with Gasteiger partial charge in [0.2, 0.25) is 0 Å². The predicted octanol–water partition coefficient (Wildman–Crippen LogP) is 4.00. The van der Waals surface area contributed by atoms with Gasteiger partial charge >= 0.3 is 0 Å². The van der Waals surface area contributed by atoms with Gasteiger partial charge in [0.25, 0.3) is 0 Å². The molecule has 116 valence electrons. The third kappa shape index (κ3) is 3.22. The van der Waals surface area contributed by atoms with Crippen molar-refractivity contribution in [3.8, 4) is 0 Å². The molecule has 2 unspecified atom stereocenters. The highest BCUT2D eigenvalue weighted by atomic mass is 35.5. The minimum Gasteiger partial charge on any atom is -0.388 e. The van der Waals surface area contributed by atoms with Crippen LogP contribution in [0.25, 0.3) is 0 Å². The monoisotopic (exact) mass is 330 g/mol. The number of halogens is 2. The second kappa shape index (κ2) is 6.43. The van der Waals surface area contributed by atoms with Gasteiger partial charge in [-0.3, -0.25) is 0 Å². The fourth-order valence-corrected chi connectivity index (χ4v) is 3.85. The first kappa shape index (κ1) is 15.6. The first-order chi connectivity index (χ1) is 10.1. The highest BCUT2D eigenvalue weighted by Crippen LogP contribution is 2.43. The average molecular weight is 331 g/mol. The van der Waals surface area contributed by atoms with Crippen LogP contribution in [0.1, 0.15) is 37.4 Å². The molecular weight excluding hydrogens is 311 g/mol. The lowest BCUT2D eigenvalue weighted by Gasteiger charge is -2.44. The predicted molar refractivity (Wildman–Crippen MR) is 82.9 cm³/mol. The van der Waals surface area contributed by atoms with E-state index < -0.39 is 6.10 Å². The Morgan fingerprint density at radius 1 is 1.19 bits per heavy atom. The lowest BCUT2D eigenvalue weighted by atomic mass is 9.77. The number of benzene rings is 1. The van der Waals surface area contributed by atoms with Gasteiger partial charge in [0, 0.05) is 25.4 Å². The van der Waals surface area contributed by atoms with Crippen LogP contribution in [0.5, 0.6) is 0 Å². The van der Waals surface area contributed by atoms with Gasteiger partial charge in [0.1, 0.15) is 0 Å². The van der Waals surface area contributed by atoms with Crippen molar-refractivity contribution in [1.29, 1.82) is 0 Å². The van der Waals surface area contributed by atoms with Crippen LogP contribution in [0.2, 0.25) is 10.0 Å². The van der Waals surface area contributed by atoms with Gasteiger partial charge in [-0.2, -0.15) is 0 Å². The highest BCUT2D eigenvalue weighted by molar-refractivity contribution is 6.42. The standard InChI is InChI=1S/C16H20Cl2O3/c17-13-3-1-2-12(14(13)18)15(19)11-4-7-21-16(10-11)5-8-20-9-6-16/h1-3,11,15,19H,4-10H2. The maximum Gasteiger partial charge on any atom is 0.0835 e. The summed E-state index contributed by atoms with van der Waals surface area (Å²) in [7, 11) is 0. The van der Waals surface area contributed by atoms with Crippen LogP contribution in [0.15, 0.2) is 18.2 Å². The van der Waals surface area contributed by atoms with Gasteiger partial charge in [0.05, 0.1) is 21.8 Å². The van der Waals surface area contributed by atoms with Gasteiger partial charge in [-0.1, -0.05) is 35.3 Å². The second-order valence-electron chi connectivity index (χ2n) is 5.98. The summed E-state index contributed by atoms with van der Waals surface area (Å²) in [6.07, 6.45) is 2.89. The summed E-state index contributed by atoms with van der Waals surface area (Å²) in [5.74, 6) is 0.146. The average Bonchev–Trinajstić information content (AvgIpc) is 2.50. The van der Waals surface area contributed by atoms with Crippen LogP contribution < -0.4 is 0 Å². The van der Waals surface area contributed by atoms with E-state index in [1.165, 1.54) is 0 Å². The van der Waals surface area contributed by atoms with E-state index in [-0.39, 0.29) is 11.5 Å². The second-order valence-corrected chi connectivity index (χ2v) is 6.77. The van der Waals surface area contributed by atoms with Crippen molar-refractivity contribution in [1.82, 2.24) is 0 Å². The van der Waals surface area contributed by atoms with Gasteiger partial charge < -0.3 is 14.6 Å². The van der Waals surface area contributed by atoms with Gasteiger partial charge in [-0.15, -0.1) is 0 Å². The van der Waals surface area contributed by atoms with Crippen molar-refractivity contribution < 1.29 is 14.6 Å². The van der Waals surface area contributed by atoms with Crippen LogP contribution in [0, 0.1) is 5.92 Å². The van der Waals surface area contributed by atoms with Crippen LogP contribution in [-0.4, -0.2) is 30.5 Å².